The summed E-state index contributed by atoms with van der Waals surface area (Å²) in [6.07, 6.45) is 4.94. The molecule has 1 atom stereocenters. The first kappa shape index (κ1) is 20.6. The van der Waals surface area contributed by atoms with Gasteiger partial charge in [0.05, 0.1) is 24.9 Å². The van der Waals surface area contributed by atoms with E-state index in [0.717, 1.165) is 61.5 Å². The number of hydrogen-bond acceptors (Lipinski definition) is 4. The highest BCUT2D eigenvalue weighted by Gasteiger charge is 2.26. The Kier molecular flexibility index (Phi) is 6.16. The molecule has 4 rings (SSSR count). The van der Waals surface area contributed by atoms with Crippen LogP contribution in [0, 0.1) is 0 Å². The van der Waals surface area contributed by atoms with Crippen LogP contribution in [-0.4, -0.2) is 32.2 Å². The van der Waals surface area contributed by atoms with Crippen molar-refractivity contribution in [2.24, 2.45) is 0 Å². The zero-order valence-electron chi connectivity index (χ0n) is 18.2. The fraction of sp³-hybridized carbons (Fsp3) is 0.480. The highest BCUT2D eigenvalue weighted by molar-refractivity contribution is 5.73. The number of carbonyl (C=O) groups is 1. The van der Waals surface area contributed by atoms with Crippen molar-refractivity contribution < 1.29 is 14.3 Å². The van der Waals surface area contributed by atoms with Crippen LogP contribution in [0.3, 0.4) is 0 Å². The molecule has 1 saturated carbocycles. The van der Waals surface area contributed by atoms with Crippen molar-refractivity contribution in [3.63, 3.8) is 0 Å². The molecule has 1 heterocycles. The van der Waals surface area contributed by atoms with E-state index in [9.17, 15) is 4.79 Å². The van der Waals surface area contributed by atoms with Crippen LogP contribution in [0.4, 0.5) is 5.69 Å². The quantitative estimate of drug-likeness (QED) is 0.714. The molecule has 0 spiro atoms. The topological polar surface area (TPSA) is 50.8 Å². The number of amides is 1. The Labute approximate surface area is 179 Å². The monoisotopic (exact) mass is 408 g/mol. The molecule has 2 aliphatic rings. The van der Waals surface area contributed by atoms with E-state index in [1.54, 1.807) is 14.0 Å². The van der Waals surface area contributed by atoms with Crippen LogP contribution in [-0.2, 0) is 4.79 Å². The predicted octanol–water partition coefficient (Wildman–Crippen LogP) is 4.82. The Hall–Kier alpha value is -2.69. The maximum Gasteiger partial charge on any atom is 0.217 e. The minimum Gasteiger partial charge on any atom is -0.494 e. The van der Waals surface area contributed by atoms with E-state index in [4.69, 9.17) is 9.47 Å². The van der Waals surface area contributed by atoms with E-state index < -0.39 is 0 Å². The molecule has 1 unspecified atom stereocenters. The van der Waals surface area contributed by atoms with Gasteiger partial charge in [-0.15, -0.1) is 0 Å². The minimum absolute atomic E-state index is 0.00140. The van der Waals surface area contributed by atoms with Gasteiger partial charge in [-0.2, -0.15) is 0 Å². The number of benzene rings is 2. The molecule has 2 aromatic carbocycles. The zero-order valence-corrected chi connectivity index (χ0v) is 18.2. The van der Waals surface area contributed by atoms with E-state index in [1.165, 1.54) is 5.56 Å². The van der Waals surface area contributed by atoms with Gasteiger partial charge in [-0.25, -0.2) is 0 Å². The SMILES string of the molecule is COc1cc(OC2CC2)ccc1N1CCC(c2ccc(C(C)NC(C)=O)cc2)CC1. The van der Waals surface area contributed by atoms with Gasteiger partial charge in [0, 0.05) is 26.1 Å². The number of methoxy groups -OCH3 is 1. The van der Waals surface area contributed by atoms with Gasteiger partial charge in [-0.3, -0.25) is 4.79 Å². The molecule has 0 radical (unpaired) electrons. The maximum absolute atomic E-state index is 11.3. The first-order valence-electron chi connectivity index (χ1n) is 11.0. The van der Waals surface area contributed by atoms with E-state index in [0.29, 0.717) is 12.0 Å². The van der Waals surface area contributed by atoms with Crippen LogP contribution in [0.2, 0.25) is 0 Å². The van der Waals surface area contributed by atoms with Crippen molar-refractivity contribution in [3.8, 4) is 11.5 Å². The molecule has 160 valence electrons. The summed E-state index contributed by atoms with van der Waals surface area (Å²) in [5.41, 5.74) is 3.68. The van der Waals surface area contributed by atoms with Crippen molar-refractivity contribution in [2.45, 2.75) is 57.6 Å². The Bertz CT molecular complexity index is 868. The van der Waals surface area contributed by atoms with Crippen molar-refractivity contribution >= 4 is 11.6 Å². The van der Waals surface area contributed by atoms with Gasteiger partial charge in [-0.05, 0) is 61.8 Å². The third-order valence-electron chi connectivity index (χ3n) is 6.14. The molecule has 0 bridgehead atoms. The summed E-state index contributed by atoms with van der Waals surface area (Å²) < 4.78 is 11.6. The molecular weight excluding hydrogens is 376 g/mol. The van der Waals surface area contributed by atoms with Gasteiger partial charge >= 0.3 is 0 Å². The van der Waals surface area contributed by atoms with Gasteiger partial charge in [0.25, 0.3) is 0 Å². The molecule has 5 heteroatoms. The molecule has 1 aliphatic heterocycles. The second kappa shape index (κ2) is 8.99. The van der Waals surface area contributed by atoms with Gasteiger partial charge < -0.3 is 19.7 Å². The van der Waals surface area contributed by atoms with Gasteiger partial charge in [0.15, 0.2) is 0 Å². The fourth-order valence-corrected chi connectivity index (χ4v) is 4.27. The summed E-state index contributed by atoms with van der Waals surface area (Å²) in [4.78, 5) is 13.7. The first-order chi connectivity index (χ1) is 14.5. The molecule has 30 heavy (non-hydrogen) atoms. The minimum atomic E-state index is 0.00140. The Balaban J connectivity index is 1.37. The normalized spacial score (nSPS) is 18.0. The number of rotatable bonds is 7. The van der Waals surface area contributed by atoms with E-state index in [1.807, 2.05) is 13.0 Å². The third kappa shape index (κ3) is 4.89. The predicted molar refractivity (Wildman–Crippen MR) is 120 cm³/mol. The summed E-state index contributed by atoms with van der Waals surface area (Å²) in [6.45, 7) is 5.59. The summed E-state index contributed by atoms with van der Waals surface area (Å²) in [5.74, 6) is 2.36. The molecule has 1 saturated heterocycles. The van der Waals surface area contributed by atoms with Crippen molar-refractivity contribution in [1.82, 2.24) is 5.32 Å². The van der Waals surface area contributed by atoms with Crippen LogP contribution >= 0.6 is 0 Å². The molecule has 2 aromatic rings. The van der Waals surface area contributed by atoms with E-state index in [-0.39, 0.29) is 11.9 Å². The fourth-order valence-electron chi connectivity index (χ4n) is 4.27. The Morgan fingerprint density at radius 3 is 2.37 bits per heavy atom. The average Bonchev–Trinajstić information content (AvgIpc) is 3.57. The lowest BCUT2D eigenvalue weighted by molar-refractivity contribution is -0.119. The molecule has 1 aliphatic carbocycles. The summed E-state index contributed by atoms with van der Waals surface area (Å²) in [6, 6.07) is 15.0. The van der Waals surface area contributed by atoms with Gasteiger partial charge in [-0.1, -0.05) is 24.3 Å². The lowest BCUT2D eigenvalue weighted by Crippen LogP contribution is -2.33. The molecule has 5 nitrogen and oxygen atoms in total. The third-order valence-corrected chi connectivity index (χ3v) is 6.14. The number of anilines is 1. The van der Waals surface area contributed by atoms with E-state index >= 15 is 0 Å². The zero-order chi connectivity index (χ0) is 21.1. The highest BCUT2D eigenvalue weighted by atomic mass is 16.5. The molecule has 0 aromatic heterocycles. The lowest BCUT2D eigenvalue weighted by Gasteiger charge is -2.34. The highest BCUT2D eigenvalue weighted by Crippen LogP contribution is 2.38. The summed E-state index contributed by atoms with van der Waals surface area (Å²) in [7, 11) is 1.73. The molecule has 2 fully saturated rings. The smallest absolute Gasteiger partial charge is 0.217 e. The average molecular weight is 409 g/mol. The second-order valence-corrected chi connectivity index (χ2v) is 8.50. The van der Waals surface area contributed by atoms with Crippen LogP contribution in [0.15, 0.2) is 42.5 Å². The number of ether oxygens (including phenoxy) is 2. The Morgan fingerprint density at radius 2 is 1.77 bits per heavy atom. The van der Waals surface area contributed by atoms with Gasteiger partial charge in [0.2, 0.25) is 5.91 Å². The summed E-state index contributed by atoms with van der Waals surface area (Å²) in [5, 5.41) is 2.94. The van der Waals surface area contributed by atoms with Crippen LogP contribution in [0.25, 0.3) is 0 Å². The number of hydrogen-bond donors (Lipinski definition) is 1. The number of nitrogens with zero attached hydrogens (tertiary/aromatic N) is 1. The second-order valence-electron chi connectivity index (χ2n) is 8.50. The maximum atomic E-state index is 11.3. The van der Waals surface area contributed by atoms with Crippen LogP contribution < -0.4 is 19.7 Å². The number of carbonyl (C=O) groups excluding carboxylic acids is 1. The van der Waals surface area contributed by atoms with Crippen LogP contribution in [0.5, 0.6) is 11.5 Å². The molecular formula is C25H32N2O3. The van der Waals surface area contributed by atoms with Crippen LogP contribution in [0.1, 0.15) is 62.6 Å². The largest absolute Gasteiger partial charge is 0.494 e. The Morgan fingerprint density at radius 1 is 1.07 bits per heavy atom. The van der Waals surface area contributed by atoms with Gasteiger partial charge in [0.1, 0.15) is 11.5 Å². The van der Waals surface area contributed by atoms with E-state index in [2.05, 4.69) is 46.6 Å². The molecule has 1 amide bonds. The van der Waals surface area contributed by atoms with Crippen molar-refractivity contribution in [2.75, 3.05) is 25.1 Å². The summed E-state index contributed by atoms with van der Waals surface area (Å²) >= 11 is 0. The lowest BCUT2D eigenvalue weighted by atomic mass is 9.88. The molecule has 1 N–H and O–H groups in total. The van der Waals surface area contributed by atoms with Crippen molar-refractivity contribution in [3.05, 3.63) is 53.6 Å². The van der Waals surface area contributed by atoms with Crippen molar-refractivity contribution in [1.29, 1.82) is 0 Å². The standard InChI is InChI=1S/C25H32N2O3/c1-17(26-18(2)28)19-4-6-20(7-5-19)21-12-14-27(15-13-21)24-11-10-23(16-25(24)29-3)30-22-8-9-22/h4-7,10-11,16-17,21-22H,8-9,12-15H2,1-3H3,(H,26,28). The number of piperidine rings is 1. The number of nitrogens with one attached hydrogen (secondary N) is 1. The first-order valence-corrected chi connectivity index (χ1v) is 11.0.